The van der Waals surface area contributed by atoms with Crippen LogP contribution in [0.3, 0.4) is 0 Å². The van der Waals surface area contributed by atoms with Gasteiger partial charge in [-0.2, -0.15) is 0 Å². The highest BCUT2D eigenvalue weighted by Gasteiger charge is 2.16. The number of halogens is 1. The normalized spacial score (nSPS) is 16.8. The fourth-order valence-electron chi connectivity index (χ4n) is 2.48. The first kappa shape index (κ1) is 14.9. The van der Waals surface area contributed by atoms with E-state index in [9.17, 15) is 0 Å². The van der Waals surface area contributed by atoms with Gasteiger partial charge in [0.2, 0.25) is 0 Å². The average Bonchev–Trinajstić information content (AvgIpc) is 2.40. The van der Waals surface area contributed by atoms with Crippen molar-refractivity contribution in [3.8, 4) is 5.75 Å². The Balaban J connectivity index is 2.04. The van der Waals surface area contributed by atoms with Crippen LogP contribution in [0.25, 0.3) is 0 Å². The van der Waals surface area contributed by atoms with Crippen LogP contribution in [0.15, 0.2) is 22.7 Å². The predicted molar refractivity (Wildman–Crippen MR) is 83.6 cm³/mol. The summed E-state index contributed by atoms with van der Waals surface area (Å²) >= 11 is 3.55. The van der Waals surface area contributed by atoms with Crippen LogP contribution in [0.2, 0.25) is 0 Å². The lowest BCUT2D eigenvalue weighted by Crippen LogP contribution is -2.24. The predicted octanol–water partition coefficient (Wildman–Crippen LogP) is 4.66. The highest BCUT2D eigenvalue weighted by Crippen LogP contribution is 2.28. The summed E-state index contributed by atoms with van der Waals surface area (Å²) in [6, 6.07) is 6.81. The van der Waals surface area contributed by atoms with E-state index in [1.54, 1.807) is 0 Å². The molecular weight excluding hydrogens is 302 g/mol. The summed E-state index contributed by atoms with van der Waals surface area (Å²) in [5, 5.41) is 3.47. The Morgan fingerprint density at radius 1 is 1.26 bits per heavy atom. The van der Waals surface area contributed by atoms with E-state index in [1.165, 1.54) is 37.7 Å². The van der Waals surface area contributed by atoms with E-state index >= 15 is 0 Å². The fraction of sp³-hybridized carbons (Fsp3) is 0.625. The lowest BCUT2D eigenvalue weighted by atomic mass is 9.97. The fourth-order valence-corrected chi connectivity index (χ4v) is 2.89. The van der Waals surface area contributed by atoms with Gasteiger partial charge in [-0.3, -0.25) is 0 Å². The zero-order chi connectivity index (χ0) is 13.7. The van der Waals surface area contributed by atoms with Gasteiger partial charge in [-0.15, -0.1) is 0 Å². The van der Waals surface area contributed by atoms with Crippen LogP contribution in [-0.4, -0.2) is 12.1 Å². The van der Waals surface area contributed by atoms with Gasteiger partial charge in [0.05, 0.1) is 6.10 Å². The average molecular weight is 326 g/mol. The van der Waals surface area contributed by atoms with Crippen molar-refractivity contribution in [1.82, 2.24) is 5.32 Å². The summed E-state index contributed by atoms with van der Waals surface area (Å²) in [5.74, 6) is 1.04. The second-order valence-electron chi connectivity index (χ2n) is 5.67. The third-order valence-corrected chi connectivity index (χ3v) is 4.06. The molecule has 0 radical (unpaired) electrons. The number of benzene rings is 1. The minimum atomic E-state index is 0.410. The SMILES string of the molecule is CC(C)NCc1cc(Br)ccc1OC1CCCCC1. The van der Waals surface area contributed by atoms with Crippen molar-refractivity contribution >= 4 is 15.9 Å². The van der Waals surface area contributed by atoms with Gasteiger partial charge < -0.3 is 10.1 Å². The Morgan fingerprint density at radius 3 is 2.68 bits per heavy atom. The van der Waals surface area contributed by atoms with Crippen molar-refractivity contribution in [2.75, 3.05) is 0 Å². The first-order chi connectivity index (χ1) is 9.15. The lowest BCUT2D eigenvalue weighted by molar-refractivity contribution is 0.153. The van der Waals surface area contributed by atoms with E-state index in [-0.39, 0.29) is 0 Å². The Bertz CT molecular complexity index is 400. The van der Waals surface area contributed by atoms with Gasteiger partial charge in [-0.1, -0.05) is 36.2 Å². The molecule has 1 N–H and O–H groups in total. The third kappa shape index (κ3) is 4.81. The third-order valence-electron chi connectivity index (χ3n) is 3.57. The maximum Gasteiger partial charge on any atom is 0.124 e. The van der Waals surface area contributed by atoms with Crippen LogP contribution in [-0.2, 0) is 6.54 Å². The van der Waals surface area contributed by atoms with Gasteiger partial charge in [0, 0.05) is 22.6 Å². The second-order valence-corrected chi connectivity index (χ2v) is 6.58. The maximum absolute atomic E-state index is 6.21. The van der Waals surface area contributed by atoms with Gasteiger partial charge in [-0.05, 0) is 43.9 Å². The summed E-state index contributed by atoms with van der Waals surface area (Å²) < 4.78 is 7.33. The monoisotopic (exact) mass is 325 g/mol. The number of ether oxygens (including phenoxy) is 1. The standard InChI is InChI=1S/C16H24BrNO/c1-12(2)18-11-13-10-14(17)8-9-16(13)19-15-6-4-3-5-7-15/h8-10,12,15,18H,3-7,11H2,1-2H3. The van der Waals surface area contributed by atoms with E-state index in [0.717, 1.165) is 16.8 Å². The van der Waals surface area contributed by atoms with Gasteiger partial charge in [0.1, 0.15) is 5.75 Å². The molecular formula is C16H24BrNO. The van der Waals surface area contributed by atoms with E-state index in [4.69, 9.17) is 4.74 Å². The molecule has 0 saturated heterocycles. The molecule has 0 aromatic heterocycles. The zero-order valence-corrected chi connectivity index (χ0v) is 13.5. The Morgan fingerprint density at radius 2 is 2.00 bits per heavy atom. The summed E-state index contributed by atoms with van der Waals surface area (Å²) in [7, 11) is 0. The van der Waals surface area contributed by atoms with Gasteiger partial charge in [-0.25, -0.2) is 0 Å². The smallest absolute Gasteiger partial charge is 0.124 e. The van der Waals surface area contributed by atoms with E-state index < -0.39 is 0 Å². The molecule has 0 heterocycles. The molecule has 1 saturated carbocycles. The quantitative estimate of drug-likeness (QED) is 0.850. The molecule has 1 aromatic carbocycles. The number of rotatable bonds is 5. The largest absolute Gasteiger partial charge is 0.490 e. The molecule has 3 heteroatoms. The van der Waals surface area contributed by atoms with E-state index in [0.29, 0.717) is 12.1 Å². The van der Waals surface area contributed by atoms with E-state index in [2.05, 4.69) is 53.3 Å². The minimum Gasteiger partial charge on any atom is -0.490 e. The number of nitrogens with one attached hydrogen (secondary N) is 1. The molecule has 1 aliphatic carbocycles. The van der Waals surface area contributed by atoms with Crippen molar-refractivity contribution < 1.29 is 4.74 Å². The van der Waals surface area contributed by atoms with Crippen LogP contribution in [0.4, 0.5) is 0 Å². The molecule has 2 rings (SSSR count). The minimum absolute atomic E-state index is 0.410. The van der Waals surface area contributed by atoms with Crippen LogP contribution in [0, 0.1) is 0 Å². The topological polar surface area (TPSA) is 21.3 Å². The van der Waals surface area contributed by atoms with Gasteiger partial charge in [0.15, 0.2) is 0 Å². The zero-order valence-electron chi connectivity index (χ0n) is 11.9. The molecule has 2 nitrogen and oxygen atoms in total. The van der Waals surface area contributed by atoms with Crippen LogP contribution >= 0.6 is 15.9 Å². The first-order valence-electron chi connectivity index (χ1n) is 7.33. The summed E-state index contributed by atoms with van der Waals surface area (Å²) in [6.07, 6.45) is 6.79. The van der Waals surface area contributed by atoms with Crippen molar-refractivity contribution in [2.45, 2.75) is 64.6 Å². The molecule has 1 aliphatic rings. The van der Waals surface area contributed by atoms with Gasteiger partial charge >= 0.3 is 0 Å². The van der Waals surface area contributed by atoms with Crippen molar-refractivity contribution in [2.24, 2.45) is 0 Å². The molecule has 1 fully saturated rings. The maximum atomic E-state index is 6.21. The van der Waals surface area contributed by atoms with Crippen molar-refractivity contribution in [3.05, 3.63) is 28.2 Å². The summed E-state index contributed by atoms with van der Waals surface area (Å²) in [4.78, 5) is 0. The molecule has 0 unspecified atom stereocenters. The molecule has 0 aliphatic heterocycles. The highest BCUT2D eigenvalue weighted by atomic mass is 79.9. The van der Waals surface area contributed by atoms with Crippen LogP contribution in [0.5, 0.6) is 5.75 Å². The molecule has 1 aromatic rings. The van der Waals surface area contributed by atoms with Crippen LogP contribution < -0.4 is 10.1 Å². The second kappa shape index (κ2) is 7.30. The Labute approximate surface area is 125 Å². The Hall–Kier alpha value is -0.540. The van der Waals surface area contributed by atoms with Crippen LogP contribution in [0.1, 0.15) is 51.5 Å². The van der Waals surface area contributed by atoms with Crippen molar-refractivity contribution in [3.63, 3.8) is 0 Å². The molecule has 0 amide bonds. The van der Waals surface area contributed by atoms with E-state index in [1.807, 2.05) is 0 Å². The molecule has 0 spiro atoms. The highest BCUT2D eigenvalue weighted by molar-refractivity contribution is 9.10. The molecule has 0 bridgehead atoms. The summed E-state index contributed by atoms with van der Waals surface area (Å²) in [5.41, 5.74) is 1.24. The van der Waals surface area contributed by atoms with Gasteiger partial charge in [0.25, 0.3) is 0 Å². The number of hydrogen-bond donors (Lipinski definition) is 1. The molecule has 19 heavy (non-hydrogen) atoms. The lowest BCUT2D eigenvalue weighted by Gasteiger charge is -2.24. The number of hydrogen-bond acceptors (Lipinski definition) is 2. The summed E-state index contributed by atoms with van der Waals surface area (Å²) in [6.45, 7) is 5.19. The first-order valence-corrected chi connectivity index (χ1v) is 8.13. The molecule has 0 atom stereocenters. The Kier molecular flexibility index (Phi) is 5.71. The van der Waals surface area contributed by atoms with Crippen molar-refractivity contribution in [1.29, 1.82) is 0 Å². The molecule has 106 valence electrons.